The molecule has 1 aliphatic rings. The van der Waals surface area contributed by atoms with Crippen LogP contribution in [0.15, 0.2) is 18.2 Å². The molecule has 3 nitrogen and oxygen atoms in total. The average Bonchev–Trinajstić information content (AvgIpc) is 2.55. The van der Waals surface area contributed by atoms with Gasteiger partial charge in [0.25, 0.3) is 0 Å². The zero-order valence-corrected chi connectivity index (χ0v) is 12.5. The van der Waals surface area contributed by atoms with Gasteiger partial charge in [0.05, 0.1) is 6.04 Å². The Morgan fingerprint density at radius 1 is 1.33 bits per heavy atom. The lowest BCUT2D eigenvalue weighted by Gasteiger charge is -2.26. The SMILES string of the molecule is CC1(C)CCC(=O)N(CC(N)c2cccc(F)c2F)CC1. The molecule has 2 N–H and O–H groups in total. The molecule has 2 rings (SSSR count). The molecule has 0 spiro atoms. The lowest BCUT2D eigenvalue weighted by Crippen LogP contribution is -2.37. The second-order valence-electron chi connectivity index (χ2n) is 6.50. The molecule has 1 amide bonds. The van der Waals surface area contributed by atoms with E-state index in [0.717, 1.165) is 18.9 Å². The van der Waals surface area contributed by atoms with E-state index < -0.39 is 17.7 Å². The van der Waals surface area contributed by atoms with Gasteiger partial charge in [-0.3, -0.25) is 4.79 Å². The molecule has 0 bridgehead atoms. The maximum Gasteiger partial charge on any atom is 0.222 e. The number of benzene rings is 1. The third kappa shape index (κ3) is 3.79. The molecule has 1 aromatic carbocycles. The van der Waals surface area contributed by atoms with Crippen molar-refractivity contribution in [2.24, 2.45) is 11.1 Å². The number of carbonyl (C=O) groups is 1. The van der Waals surface area contributed by atoms with E-state index in [1.165, 1.54) is 12.1 Å². The summed E-state index contributed by atoms with van der Waals surface area (Å²) in [5, 5.41) is 0. The Bertz CT molecular complexity index is 531. The molecule has 1 fully saturated rings. The highest BCUT2D eigenvalue weighted by Crippen LogP contribution is 2.31. The molecule has 21 heavy (non-hydrogen) atoms. The predicted octanol–water partition coefficient (Wildman–Crippen LogP) is 3.00. The third-order valence-corrected chi connectivity index (χ3v) is 4.22. The first-order chi connectivity index (χ1) is 9.80. The minimum absolute atomic E-state index is 0.0350. The standard InChI is InChI=1S/C16H22F2N2O/c1-16(2)7-6-14(21)20(9-8-16)10-13(19)11-4-3-5-12(17)15(11)18/h3-5,13H,6-10,19H2,1-2H3. The van der Waals surface area contributed by atoms with Crippen molar-refractivity contribution in [2.45, 2.75) is 39.2 Å². The van der Waals surface area contributed by atoms with Gasteiger partial charge in [0.2, 0.25) is 5.91 Å². The van der Waals surface area contributed by atoms with Gasteiger partial charge in [-0.15, -0.1) is 0 Å². The number of likely N-dealkylation sites (tertiary alicyclic amines) is 1. The Labute approximate surface area is 124 Å². The van der Waals surface area contributed by atoms with Crippen LogP contribution in [0.1, 0.15) is 44.7 Å². The van der Waals surface area contributed by atoms with E-state index in [0.29, 0.717) is 13.0 Å². The molecule has 116 valence electrons. The summed E-state index contributed by atoms with van der Waals surface area (Å²) >= 11 is 0. The van der Waals surface area contributed by atoms with Crippen molar-refractivity contribution in [1.29, 1.82) is 0 Å². The van der Waals surface area contributed by atoms with Gasteiger partial charge < -0.3 is 10.6 Å². The number of nitrogens with zero attached hydrogens (tertiary/aromatic N) is 1. The number of hydrogen-bond acceptors (Lipinski definition) is 2. The summed E-state index contributed by atoms with van der Waals surface area (Å²) in [4.78, 5) is 13.8. The Kier molecular flexibility index (Phi) is 4.61. The molecule has 1 saturated heterocycles. The van der Waals surface area contributed by atoms with Gasteiger partial charge in [-0.25, -0.2) is 8.78 Å². The van der Waals surface area contributed by atoms with Gasteiger partial charge in [0, 0.05) is 25.1 Å². The van der Waals surface area contributed by atoms with E-state index in [1.54, 1.807) is 4.90 Å². The first-order valence-corrected chi connectivity index (χ1v) is 7.27. The molecule has 1 unspecified atom stereocenters. The maximum absolute atomic E-state index is 13.7. The topological polar surface area (TPSA) is 46.3 Å². The van der Waals surface area contributed by atoms with E-state index in [9.17, 15) is 13.6 Å². The molecular formula is C16H22F2N2O. The normalized spacial score (nSPS) is 20.2. The zero-order valence-electron chi connectivity index (χ0n) is 12.5. The molecule has 0 radical (unpaired) electrons. The Balaban J connectivity index is 2.09. The number of nitrogens with two attached hydrogens (primary N) is 1. The average molecular weight is 296 g/mol. The summed E-state index contributed by atoms with van der Waals surface area (Å²) in [5.41, 5.74) is 6.22. The van der Waals surface area contributed by atoms with Crippen LogP contribution < -0.4 is 5.73 Å². The molecule has 0 aliphatic carbocycles. The smallest absolute Gasteiger partial charge is 0.222 e. The molecule has 0 aromatic heterocycles. The van der Waals surface area contributed by atoms with Crippen molar-refractivity contribution in [3.8, 4) is 0 Å². The van der Waals surface area contributed by atoms with Crippen LogP contribution in [-0.4, -0.2) is 23.9 Å². The zero-order chi connectivity index (χ0) is 15.6. The van der Waals surface area contributed by atoms with Crippen molar-refractivity contribution >= 4 is 5.91 Å². The number of hydrogen-bond donors (Lipinski definition) is 1. The first kappa shape index (κ1) is 15.9. The quantitative estimate of drug-likeness (QED) is 0.932. The van der Waals surface area contributed by atoms with Crippen molar-refractivity contribution in [3.63, 3.8) is 0 Å². The fourth-order valence-corrected chi connectivity index (χ4v) is 2.63. The molecule has 1 aliphatic heterocycles. The van der Waals surface area contributed by atoms with Crippen LogP contribution in [0.4, 0.5) is 8.78 Å². The van der Waals surface area contributed by atoms with Crippen molar-refractivity contribution in [1.82, 2.24) is 4.90 Å². The van der Waals surface area contributed by atoms with E-state index in [4.69, 9.17) is 5.73 Å². The van der Waals surface area contributed by atoms with Crippen LogP contribution >= 0.6 is 0 Å². The number of carbonyl (C=O) groups excluding carboxylic acids is 1. The Hall–Kier alpha value is -1.49. The largest absolute Gasteiger partial charge is 0.341 e. The van der Waals surface area contributed by atoms with Crippen LogP contribution in [0.3, 0.4) is 0 Å². The molecule has 1 atom stereocenters. The Morgan fingerprint density at radius 2 is 2.05 bits per heavy atom. The van der Waals surface area contributed by atoms with E-state index in [2.05, 4.69) is 13.8 Å². The molecule has 1 aromatic rings. The summed E-state index contributed by atoms with van der Waals surface area (Å²) in [6.07, 6.45) is 2.20. The maximum atomic E-state index is 13.7. The number of halogens is 2. The van der Waals surface area contributed by atoms with Gasteiger partial charge >= 0.3 is 0 Å². The van der Waals surface area contributed by atoms with Gasteiger partial charge in [-0.05, 0) is 24.3 Å². The Morgan fingerprint density at radius 3 is 2.76 bits per heavy atom. The van der Waals surface area contributed by atoms with E-state index in [-0.39, 0.29) is 23.4 Å². The summed E-state index contributed by atoms with van der Waals surface area (Å²) in [6.45, 7) is 5.09. The third-order valence-electron chi connectivity index (χ3n) is 4.22. The molecule has 0 saturated carbocycles. The van der Waals surface area contributed by atoms with Crippen LogP contribution in [0.5, 0.6) is 0 Å². The van der Waals surface area contributed by atoms with Crippen LogP contribution in [0.25, 0.3) is 0 Å². The highest BCUT2D eigenvalue weighted by atomic mass is 19.2. The highest BCUT2D eigenvalue weighted by molar-refractivity contribution is 5.76. The van der Waals surface area contributed by atoms with E-state index >= 15 is 0 Å². The predicted molar refractivity (Wildman–Crippen MR) is 77.5 cm³/mol. The fraction of sp³-hybridized carbons (Fsp3) is 0.562. The van der Waals surface area contributed by atoms with Crippen LogP contribution in [0, 0.1) is 17.0 Å². The van der Waals surface area contributed by atoms with E-state index in [1.807, 2.05) is 0 Å². The molecule has 5 heteroatoms. The van der Waals surface area contributed by atoms with Gasteiger partial charge in [0.15, 0.2) is 11.6 Å². The highest BCUT2D eigenvalue weighted by Gasteiger charge is 2.28. The molecular weight excluding hydrogens is 274 g/mol. The molecule has 1 heterocycles. The van der Waals surface area contributed by atoms with Crippen molar-refractivity contribution < 1.29 is 13.6 Å². The summed E-state index contributed by atoms with van der Waals surface area (Å²) in [6, 6.07) is 3.24. The second-order valence-corrected chi connectivity index (χ2v) is 6.50. The number of amides is 1. The summed E-state index contributed by atoms with van der Waals surface area (Å²) in [7, 11) is 0. The van der Waals surface area contributed by atoms with Gasteiger partial charge in [-0.1, -0.05) is 26.0 Å². The van der Waals surface area contributed by atoms with Gasteiger partial charge in [-0.2, -0.15) is 0 Å². The lowest BCUT2D eigenvalue weighted by molar-refractivity contribution is -0.131. The monoisotopic (exact) mass is 296 g/mol. The number of rotatable bonds is 3. The second kappa shape index (κ2) is 6.10. The first-order valence-electron chi connectivity index (χ1n) is 7.27. The summed E-state index contributed by atoms with van der Waals surface area (Å²) < 4.78 is 27.0. The minimum Gasteiger partial charge on any atom is -0.341 e. The van der Waals surface area contributed by atoms with Gasteiger partial charge in [0.1, 0.15) is 0 Å². The van der Waals surface area contributed by atoms with Crippen LogP contribution in [0.2, 0.25) is 0 Å². The summed E-state index contributed by atoms with van der Waals surface area (Å²) in [5.74, 6) is -1.80. The van der Waals surface area contributed by atoms with Crippen molar-refractivity contribution in [3.05, 3.63) is 35.4 Å². The van der Waals surface area contributed by atoms with Crippen LogP contribution in [-0.2, 0) is 4.79 Å². The lowest BCUT2D eigenvalue weighted by atomic mass is 9.85. The minimum atomic E-state index is -0.924. The fourth-order valence-electron chi connectivity index (χ4n) is 2.63. The van der Waals surface area contributed by atoms with Crippen molar-refractivity contribution in [2.75, 3.05) is 13.1 Å².